The molecule has 0 unspecified atom stereocenters. The van der Waals surface area contributed by atoms with Gasteiger partial charge in [-0.3, -0.25) is 0 Å². The highest BCUT2D eigenvalue weighted by atomic mass is 79.9. The minimum Gasteiger partial charge on any atom is -0.383 e. The highest BCUT2D eigenvalue weighted by Gasteiger charge is 2.01. The fourth-order valence-corrected chi connectivity index (χ4v) is 2.39. The molecule has 1 N–H and O–H groups in total. The maximum atomic E-state index is 3.54. The van der Waals surface area contributed by atoms with Gasteiger partial charge in [0, 0.05) is 29.8 Å². The molecule has 0 aliphatic carbocycles. The van der Waals surface area contributed by atoms with Gasteiger partial charge in [-0.25, -0.2) is 0 Å². The maximum absolute atomic E-state index is 3.54. The molecule has 0 spiro atoms. The fraction of sp³-hybridized carbons (Fsp3) is 0.250. The van der Waals surface area contributed by atoms with Crippen LogP contribution in [-0.4, -0.2) is 25.0 Å². The number of likely N-dealkylation sites (N-methyl/N-ethyl adjacent to an activating group) is 1. The summed E-state index contributed by atoms with van der Waals surface area (Å²) in [6.45, 7) is 2.93. The molecular formula is C16H19BrN2. The normalized spacial score (nSPS) is 10.7. The lowest BCUT2D eigenvalue weighted by Crippen LogP contribution is -2.24. The number of hydrogen-bond acceptors (Lipinski definition) is 2. The molecule has 0 aliphatic heterocycles. The van der Waals surface area contributed by atoms with Crippen molar-refractivity contribution in [3.63, 3.8) is 0 Å². The van der Waals surface area contributed by atoms with Gasteiger partial charge in [0.1, 0.15) is 0 Å². The molecule has 0 saturated carbocycles. The van der Waals surface area contributed by atoms with E-state index in [4.69, 9.17) is 0 Å². The third-order valence-corrected chi connectivity index (χ3v) is 3.67. The largest absolute Gasteiger partial charge is 0.383 e. The molecule has 0 bridgehead atoms. The highest BCUT2D eigenvalue weighted by molar-refractivity contribution is 9.10. The Morgan fingerprint density at radius 1 is 1.00 bits per heavy atom. The minimum absolute atomic E-state index is 0.936. The van der Waals surface area contributed by atoms with Crippen molar-refractivity contribution in [2.45, 2.75) is 6.54 Å². The van der Waals surface area contributed by atoms with Crippen LogP contribution >= 0.6 is 15.9 Å². The SMILES string of the molecule is CN(CCNc1ccccc1Br)Cc1ccccc1. The molecule has 0 heterocycles. The van der Waals surface area contributed by atoms with Crippen LogP contribution in [0.3, 0.4) is 0 Å². The van der Waals surface area contributed by atoms with Crippen molar-refractivity contribution in [2.24, 2.45) is 0 Å². The maximum Gasteiger partial charge on any atom is 0.0485 e. The highest BCUT2D eigenvalue weighted by Crippen LogP contribution is 2.20. The average Bonchev–Trinajstić information content (AvgIpc) is 2.42. The van der Waals surface area contributed by atoms with Crippen molar-refractivity contribution in [1.29, 1.82) is 0 Å². The van der Waals surface area contributed by atoms with Gasteiger partial charge < -0.3 is 10.2 Å². The number of rotatable bonds is 6. The molecule has 2 aromatic carbocycles. The third kappa shape index (κ3) is 4.69. The average molecular weight is 319 g/mol. The van der Waals surface area contributed by atoms with Crippen LogP contribution in [-0.2, 0) is 6.54 Å². The van der Waals surface area contributed by atoms with E-state index in [-0.39, 0.29) is 0 Å². The first-order valence-electron chi connectivity index (χ1n) is 6.46. The zero-order valence-corrected chi connectivity index (χ0v) is 12.7. The Balaban J connectivity index is 1.75. The van der Waals surface area contributed by atoms with Crippen molar-refractivity contribution >= 4 is 21.6 Å². The number of nitrogens with zero attached hydrogens (tertiary/aromatic N) is 1. The van der Waals surface area contributed by atoms with E-state index in [1.54, 1.807) is 0 Å². The van der Waals surface area contributed by atoms with E-state index in [9.17, 15) is 0 Å². The summed E-state index contributed by atoms with van der Waals surface area (Å²) in [6.07, 6.45) is 0. The number of benzene rings is 2. The van der Waals surface area contributed by atoms with Crippen molar-refractivity contribution in [2.75, 3.05) is 25.5 Å². The number of halogens is 1. The number of anilines is 1. The first-order chi connectivity index (χ1) is 9.25. The molecule has 2 nitrogen and oxygen atoms in total. The molecule has 19 heavy (non-hydrogen) atoms. The second-order valence-electron chi connectivity index (χ2n) is 4.63. The van der Waals surface area contributed by atoms with E-state index in [2.05, 4.69) is 75.7 Å². The molecule has 0 fully saturated rings. The summed E-state index contributed by atoms with van der Waals surface area (Å²) in [4.78, 5) is 2.32. The molecule has 2 rings (SSSR count). The van der Waals surface area contributed by atoms with Gasteiger partial charge in [0.25, 0.3) is 0 Å². The Morgan fingerprint density at radius 2 is 1.68 bits per heavy atom. The fourth-order valence-electron chi connectivity index (χ4n) is 1.96. The number of nitrogens with one attached hydrogen (secondary N) is 1. The van der Waals surface area contributed by atoms with Crippen LogP contribution < -0.4 is 5.32 Å². The molecule has 2 aromatic rings. The van der Waals surface area contributed by atoms with Crippen molar-refractivity contribution in [3.8, 4) is 0 Å². The molecule has 0 aromatic heterocycles. The monoisotopic (exact) mass is 318 g/mol. The zero-order chi connectivity index (χ0) is 13.5. The van der Waals surface area contributed by atoms with E-state index in [0.717, 1.165) is 29.8 Å². The summed E-state index contributed by atoms with van der Waals surface area (Å²) in [7, 11) is 2.15. The van der Waals surface area contributed by atoms with E-state index < -0.39 is 0 Å². The van der Waals surface area contributed by atoms with Crippen LogP contribution in [0.4, 0.5) is 5.69 Å². The molecule has 0 aliphatic rings. The first kappa shape index (κ1) is 14.1. The predicted octanol–water partition coefficient (Wildman–Crippen LogP) is 3.99. The van der Waals surface area contributed by atoms with E-state index in [1.165, 1.54) is 5.56 Å². The van der Waals surface area contributed by atoms with Gasteiger partial charge in [0.05, 0.1) is 0 Å². The van der Waals surface area contributed by atoms with Gasteiger partial charge in [-0.05, 0) is 40.7 Å². The zero-order valence-electron chi connectivity index (χ0n) is 11.1. The molecule has 0 amide bonds. The van der Waals surface area contributed by atoms with Gasteiger partial charge in [-0.1, -0.05) is 42.5 Å². The third-order valence-electron chi connectivity index (χ3n) is 2.98. The number of para-hydroxylation sites is 1. The second kappa shape index (κ2) is 7.31. The summed E-state index contributed by atoms with van der Waals surface area (Å²) in [5.74, 6) is 0. The van der Waals surface area contributed by atoms with Crippen LogP contribution in [0.25, 0.3) is 0 Å². The van der Waals surface area contributed by atoms with E-state index >= 15 is 0 Å². The topological polar surface area (TPSA) is 15.3 Å². The lowest BCUT2D eigenvalue weighted by atomic mass is 10.2. The van der Waals surface area contributed by atoms with Crippen LogP contribution in [0.15, 0.2) is 59.1 Å². The van der Waals surface area contributed by atoms with Crippen LogP contribution in [0.1, 0.15) is 5.56 Å². The molecular weight excluding hydrogens is 300 g/mol. The Morgan fingerprint density at radius 3 is 2.42 bits per heavy atom. The lowest BCUT2D eigenvalue weighted by molar-refractivity contribution is 0.340. The van der Waals surface area contributed by atoms with Crippen molar-refractivity contribution in [3.05, 3.63) is 64.6 Å². The van der Waals surface area contributed by atoms with Crippen LogP contribution in [0, 0.1) is 0 Å². The number of hydrogen-bond donors (Lipinski definition) is 1. The van der Waals surface area contributed by atoms with E-state index in [1.807, 2.05) is 12.1 Å². The van der Waals surface area contributed by atoms with Crippen molar-refractivity contribution < 1.29 is 0 Å². The second-order valence-corrected chi connectivity index (χ2v) is 5.48. The Kier molecular flexibility index (Phi) is 5.43. The van der Waals surface area contributed by atoms with Gasteiger partial charge >= 0.3 is 0 Å². The van der Waals surface area contributed by atoms with Crippen LogP contribution in [0.5, 0.6) is 0 Å². The Bertz CT molecular complexity index is 499. The lowest BCUT2D eigenvalue weighted by Gasteiger charge is -2.17. The summed E-state index contributed by atoms with van der Waals surface area (Å²) < 4.78 is 1.11. The smallest absolute Gasteiger partial charge is 0.0485 e. The Labute approximate surface area is 123 Å². The molecule has 100 valence electrons. The summed E-state index contributed by atoms with van der Waals surface area (Å²) in [5.41, 5.74) is 2.50. The Hall–Kier alpha value is -1.32. The molecule has 0 atom stereocenters. The van der Waals surface area contributed by atoms with Crippen LogP contribution in [0.2, 0.25) is 0 Å². The van der Waals surface area contributed by atoms with Gasteiger partial charge in [-0.2, -0.15) is 0 Å². The van der Waals surface area contributed by atoms with Gasteiger partial charge in [0.2, 0.25) is 0 Å². The molecule has 0 saturated heterocycles. The predicted molar refractivity (Wildman–Crippen MR) is 85.4 cm³/mol. The van der Waals surface area contributed by atoms with E-state index in [0.29, 0.717) is 0 Å². The minimum atomic E-state index is 0.936. The summed E-state index contributed by atoms with van der Waals surface area (Å²) >= 11 is 3.54. The standard InChI is InChI=1S/C16H19BrN2/c1-19(13-14-7-3-2-4-8-14)12-11-18-16-10-6-5-9-15(16)17/h2-10,18H,11-13H2,1H3. The quantitative estimate of drug-likeness (QED) is 0.866. The molecule has 3 heteroatoms. The summed E-state index contributed by atoms with van der Waals surface area (Å²) in [6, 6.07) is 18.8. The van der Waals surface area contributed by atoms with Gasteiger partial charge in [-0.15, -0.1) is 0 Å². The summed E-state index contributed by atoms with van der Waals surface area (Å²) in [5, 5.41) is 3.44. The van der Waals surface area contributed by atoms with Crippen molar-refractivity contribution in [1.82, 2.24) is 4.90 Å². The first-order valence-corrected chi connectivity index (χ1v) is 7.26. The molecule has 0 radical (unpaired) electrons. The van der Waals surface area contributed by atoms with Gasteiger partial charge in [0.15, 0.2) is 0 Å².